The molecule has 0 spiro atoms. The summed E-state index contributed by atoms with van der Waals surface area (Å²) in [7, 11) is -3.78. The molecule has 2 aromatic rings. The summed E-state index contributed by atoms with van der Waals surface area (Å²) in [5, 5.41) is 4.34. The number of benzene rings is 1. The van der Waals surface area contributed by atoms with Crippen LogP contribution >= 0.6 is 11.3 Å². The summed E-state index contributed by atoms with van der Waals surface area (Å²) in [6, 6.07) is 7.85. The van der Waals surface area contributed by atoms with Gasteiger partial charge in [0.15, 0.2) is 0 Å². The van der Waals surface area contributed by atoms with E-state index in [-0.39, 0.29) is 40.6 Å². The number of amides is 1. The molecule has 1 amide bonds. The van der Waals surface area contributed by atoms with Crippen molar-refractivity contribution >= 4 is 33.0 Å². The highest BCUT2D eigenvalue weighted by atomic mass is 32.2. The van der Waals surface area contributed by atoms with Crippen LogP contribution in [-0.2, 0) is 10.0 Å². The lowest BCUT2D eigenvalue weighted by Crippen LogP contribution is -2.49. The summed E-state index contributed by atoms with van der Waals surface area (Å²) in [5.41, 5.74) is 0.474. The van der Waals surface area contributed by atoms with Gasteiger partial charge in [0.2, 0.25) is 10.0 Å². The zero-order valence-corrected chi connectivity index (χ0v) is 16.8. The molecule has 2 heterocycles. The maximum atomic E-state index is 14.0. The monoisotopic (exact) mass is 411 g/mol. The van der Waals surface area contributed by atoms with Crippen molar-refractivity contribution < 1.29 is 17.6 Å². The minimum Gasteiger partial charge on any atom is -0.367 e. The normalized spacial score (nSPS) is 15.9. The minimum absolute atomic E-state index is 0.0324. The Morgan fingerprint density at radius 1 is 1.15 bits per heavy atom. The zero-order valence-electron chi connectivity index (χ0n) is 15.2. The third kappa shape index (κ3) is 4.15. The highest BCUT2D eigenvalue weighted by Gasteiger charge is 2.33. The van der Waals surface area contributed by atoms with Crippen LogP contribution in [0.3, 0.4) is 0 Å². The van der Waals surface area contributed by atoms with Gasteiger partial charge in [-0.2, -0.15) is 4.31 Å². The van der Waals surface area contributed by atoms with Gasteiger partial charge in [0.05, 0.1) is 5.69 Å². The summed E-state index contributed by atoms with van der Waals surface area (Å²) in [6.45, 7) is 4.88. The average Bonchev–Trinajstić information content (AvgIpc) is 3.12. The van der Waals surface area contributed by atoms with Gasteiger partial charge >= 0.3 is 0 Å². The molecule has 1 aromatic carbocycles. The molecule has 146 valence electrons. The molecule has 1 aromatic heterocycles. The highest BCUT2D eigenvalue weighted by molar-refractivity contribution is 7.89. The van der Waals surface area contributed by atoms with Crippen LogP contribution in [0.2, 0.25) is 0 Å². The Kier molecular flexibility index (Phi) is 5.83. The van der Waals surface area contributed by atoms with Crippen LogP contribution in [-0.4, -0.2) is 50.9 Å². The molecule has 1 saturated heterocycles. The second-order valence-electron chi connectivity index (χ2n) is 6.58. The predicted molar refractivity (Wildman–Crippen MR) is 104 cm³/mol. The fourth-order valence-corrected chi connectivity index (χ4v) is 5.74. The Bertz CT molecular complexity index is 919. The van der Waals surface area contributed by atoms with Crippen LogP contribution in [0, 0.1) is 5.82 Å². The molecule has 9 heteroatoms. The van der Waals surface area contributed by atoms with E-state index in [0.29, 0.717) is 18.8 Å². The summed E-state index contributed by atoms with van der Waals surface area (Å²) in [4.78, 5) is 14.4. The standard InChI is InChI=1S/C18H22FN3O3S2/c1-13(2)20-18(23)17-16(7-12-26-17)27(24,25)22-10-8-21(9-11-22)15-6-4-3-5-14(15)19/h3-7,12-13H,8-11H2,1-2H3,(H,20,23). The molecule has 27 heavy (non-hydrogen) atoms. The number of rotatable bonds is 5. The molecule has 1 aliphatic heterocycles. The Labute approximate surface area is 162 Å². The molecular formula is C18H22FN3O3S2. The molecule has 1 N–H and O–H groups in total. The quantitative estimate of drug-likeness (QED) is 0.821. The highest BCUT2D eigenvalue weighted by Crippen LogP contribution is 2.27. The molecule has 6 nitrogen and oxygen atoms in total. The molecule has 1 fully saturated rings. The maximum Gasteiger partial charge on any atom is 0.262 e. The van der Waals surface area contributed by atoms with E-state index in [4.69, 9.17) is 0 Å². The van der Waals surface area contributed by atoms with Crippen molar-refractivity contribution in [1.29, 1.82) is 0 Å². The van der Waals surface area contributed by atoms with Crippen LogP contribution in [0.15, 0.2) is 40.6 Å². The van der Waals surface area contributed by atoms with Gasteiger partial charge in [0.25, 0.3) is 5.91 Å². The van der Waals surface area contributed by atoms with Crippen molar-refractivity contribution in [2.75, 3.05) is 31.1 Å². The molecule has 3 rings (SSSR count). The SMILES string of the molecule is CC(C)NC(=O)c1sccc1S(=O)(=O)N1CCN(c2ccccc2F)CC1. The topological polar surface area (TPSA) is 69.7 Å². The first-order chi connectivity index (χ1) is 12.8. The van der Waals surface area contributed by atoms with Crippen molar-refractivity contribution in [2.45, 2.75) is 24.8 Å². The molecule has 0 unspecified atom stereocenters. The molecular weight excluding hydrogens is 389 g/mol. The number of thiophene rings is 1. The van der Waals surface area contributed by atoms with Gasteiger partial charge in [-0.1, -0.05) is 12.1 Å². The number of halogens is 1. The van der Waals surface area contributed by atoms with Gasteiger partial charge in [0.1, 0.15) is 15.6 Å². The lowest BCUT2D eigenvalue weighted by atomic mass is 10.2. The smallest absolute Gasteiger partial charge is 0.262 e. The lowest BCUT2D eigenvalue weighted by Gasteiger charge is -2.35. The van der Waals surface area contributed by atoms with E-state index in [1.807, 2.05) is 18.7 Å². The van der Waals surface area contributed by atoms with E-state index in [0.717, 1.165) is 11.3 Å². The third-order valence-corrected chi connectivity index (χ3v) is 7.29. The first-order valence-electron chi connectivity index (χ1n) is 8.68. The van der Waals surface area contributed by atoms with Gasteiger partial charge in [0, 0.05) is 32.2 Å². The number of anilines is 1. The number of piperazine rings is 1. The minimum atomic E-state index is -3.78. The van der Waals surface area contributed by atoms with Crippen LogP contribution in [0.1, 0.15) is 23.5 Å². The van der Waals surface area contributed by atoms with E-state index in [2.05, 4.69) is 5.32 Å². The number of sulfonamides is 1. The van der Waals surface area contributed by atoms with E-state index >= 15 is 0 Å². The third-order valence-electron chi connectivity index (χ3n) is 4.30. The molecule has 0 atom stereocenters. The second kappa shape index (κ2) is 7.95. The van der Waals surface area contributed by atoms with E-state index in [1.54, 1.807) is 23.6 Å². The fraction of sp³-hybridized carbons (Fsp3) is 0.389. The van der Waals surface area contributed by atoms with Gasteiger partial charge in [-0.15, -0.1) is 11.3 Å². The first kappa shape index (κ1) is 19.8. The van der Waals surface area contributed by atoms with Crippen molar-refractivity contribution in [3.8, 4) is 0 Å². The van der Waals surface area contributed by atoms with E-state index < -0.39 is 10.0 Å². The molecule has 1 aliphatic rings. The van der Waals surface area contributed by atoms with Gasteiger partial charge < -0.3 is 10.2 Å². The Hall–Kier alpha value is -1.97. The van der Waals surface area contributed by atoms with Crippen molar-refractivity contribution in [1.82, 2.24) is 9.62 Å². The van der Waals surface area contributed by atoms with E-state index in [9.17, 15) is 17.6 Å². The number of carbonyl (C=O) groups is 1. The van der Waals surface area contributed by atoms with Crippen LogP contribution < -0.4 is 10.2 Å². The number of hydrogen-bond donors (Lipinski definition) is 1. The van der Waals surface area contributed by atoms with Gasteiger partial charge in [-0.05, 0) is 37.4 Å². The van der Waals surface area contributed by atoms with Crippen molar-refractivity contribution in [2.24, 2.45) is 0 Å². The maximum absolute atomic E-state index is 14.0. The average molecular weight is 412 g/mol. The summed E-state index contributed by atoms with van der Waals surface area (Å²) in [5.74, 6) is -0.706. The summed E-state index contributed by atoms with van der Waals surface area (Å²) in [6.07, 6.45) is 0. The van der Waals surface area contributed by atoms with Crippen LogP contribution in [0.25, 0.3) is 0 Å². The fourth-order valence-electron chi connectivity index (χ4n) is 3.01. The molecule has 0 aliphatic carbocycles. The van der Waals surface area contributed by atoms with Gasteiger partial charge in [-0.25, -0.2) is 12.8 Å². The lowest BCUT2D eigenvalue weighted by molar-refractivity contribution is 0.0944. The number of carbonyl (C=O) groups excluding carboxylic acids is 1. The number of nitrogens with one attached hydrogen (secondary N) is 1. The largest absolute Gasteiger partial charge is 0.367 e. The first-order valence-corrected chi connectivity index (χ1v) is 11.0. The Balaban J connectivity index is 1.76. The Morgan fingerprint density at radius 2 is 1.81 bits per heavy atom. The van der Waals surface area contributed by atoms with Crippen molar-refractivity contribution in [3.05, 3.63) is 46.4 Å². The Morgan fingerprint density at radius 3 is 2.44 bits per heavy atom. The van der Waals surface area contributed by atoms with Crippen LogP contribution in [0.4, 0.5) is 10.1 Å². The second-order valence-corrected chi connectivity index (χ2v) is 9.41. The predicted octanol–water partition coefficient (Wildman–Crippen LogP) is 2.54. The summed E-state index contributed by atoms with van der Waals surface area (Å²) >= 11 is 1.11. The van der Waals surface area contributed by atoms with Gasteiger partial charge in [-0.3, -0.25) is 4.79 Å². The number of nitrogens with zero attached hydrogens (tertiary/aromatic N) is 2. The van der Waals surface area contributed by atoms with E-state index in [1.165, 1.54) is 16.4 Å². The molecule has 0 bridgehead atoms. The molecule has 0 radical (unpaired) electrons. The van der Waals surface area contributed by atoms with Crippen LogP contribution in [0.5, 0.6) is 0 Å². The number of para-hydroxylation sites is 1. The molecule has 0 saturated carbocycles. The zero-order chi connectivity index (χ0) is 19.6. The van der Waals surface area contributed by atoms with Crippen molar-refractivity contribution in [3.63, 3.8) is 0 Å². The number of hydrogen-bond acceptors (Lipinski definition) is 5. The summed E-state index contributed by atoms with van der Waals surface area (Å²) < 4.78 is 41.4.